The minimum atomic E-state index is 0.855. The van der Waals surface area contributed by atoms with E-state index in [1.165, 1.54) is 11.1 Å². The molecule has 2 aliphatic heterocycles. The van der Waals surface area contributed by atoms with Gasteiger partial charge in [-0.2, -0.15) is 9.13 Å². The van der Waals surface area contributed by atoms with Crippen LogP contribution in [0.5, 0.6) is 0 Å². The highest BCUT2D eigenvalue weighted by molar-refractivity contribution is 5.95. The highest BCUT2D eigenvalue weighted by Gasteiger charge is 2.23. The molecular weight excluding hydrogens is 617 g/mol. The summed E-state index contributed by atoms with van der Waals surface area (Å²) in [5.41, 5.74) is 15.6. The predicted octanol–water partition coefficient (Wildman–Crippen LogP) is 6.79. The van der Waals surface area contributed by atoms with Gasteiger partial charge < -0.3 is 9.97 Å². The van der Waals surface area contributed by atoms with Crippen molar-refractivity contribution >= 4 is 46.4 Å². The van der Waals surface area contributed by atoms with Crippen molar-refractivity contribution < 1.29 is 19.1 Å². The molecule has 2 aliphatic rings. The zero-order valence-electron chi connectivity index (χ0n) is 27.6. The number of hydrogen-bond acceptors (Lipinski definition) is 2. The van der Waals surface area contributed by atoms with Crippen LogP contribution in [0.4, 0.5) is 0 Å². The lowest BCUT2D eigenvalue weighted by atomic mass is 10.1. The number of H-pyrrole nitrogens is 4. The lowest BCUT2D eigenvalue weighted by Gasteiger charge is -2.03. The molecule has 8 nitrogen and oxygen atoms in total. The number of fused-ring (bicyclic) bond motifs is 8. The van der Waals surface area contributed by atoms with Gasteiger partial charge in [0.05, 0.1) is 11.4 Å². The summed E-state index contributed by atoms with van der Waals surface area (Å²) in [7, 11) is 0. The van der Waals surface area contributed by atoms with Gasteiger partial charge in [-0.05, 0) is 84.7 Å². The van der Waals surface area contributed by atoms with E-state index in [0.717, 1.165) is 78.5 Å². The monoisotopic (exact) mass is 650 g/mol. The Bertz CT molecular complexity index is 2450. The van der Waals surface area contributed by atoms with Crippen LogP contribution in [0.3, 0.4) is 0 Å². The van der Waals surface area contributed by atoms with Gasteiger partial charge >= 0.3 is 0 Å². The molecule has 238 valence electrons. The quantitative estimate of drug-likeness (QED) is 0.205. The molecule has 0 unspecified atom stereocenters. The zero-order chi connectivity index (χ0) is 33.6. The highest BCUT2D eigenvalue weighted by Crippen LogP contribution is 2.34. The van der Waals surface area contributed by atoms with Gasteiger partial charge in [0.1, 0.15) is 22.4 Å². The number of rotatable bonds is 4. The van der Waals surface area contributed by atoms with Gasteiger partial charge in [0.15, 0.2) is 49.6 Å². The molecule has 0 fully saturated rings. The molecule has 0 aliphatic carbocycles. The fourth-order valence-electron chi connectivity index (χ4n) is 6.73. The van der Waals surface area contributed by atoms with Gasteiger partial charge in [0.2, 0.25) is 0 Å². The SMILES string of the molecule is Cc1cc[n+](-c2c3nc(c(-c4cc[nH+]cc4)c4ccc([nH]4)c(-[n+]4ccc(C)cc4)c4nc(c(-c5cc[nH+]cc5)c5ccc2[nH]5)C=C4)C=C3)cc1. The molecular formula is C42H34N8+4. The topological polar surface area (TPSA) is 93.4 Å². The van der Waals surface area contributed by atoms with E-state index >= 15 is 0 Å². The van der Waals surface area contributed by atoms with E-state index in [-0.39, 0.29) is 0 Å². The molecule has 9 rings (SSSR count). The summed E-state index contributed by atoms with van der Waals surface area (Å²) in [5.74, 6) is 0. The van der Waals surface area contributed by atoms with Crippen LogP contribution in [0, 0.1) is 13.8 Å². The van der Waals surface area contributed by atoms with E-state index in [9.17, 15) is 0 Å². The van der Waals surface area contributed by atoms with E-state index in [1.807, 2.05) is 24.8 Å². The van der Waals surface area contributed by atoms with E-state index in [4.69, 9.17) is 9.97 Å². The van der Waals surface area contributed by atoms with Gasteiger partial charge in [0, 0.05) is 70.7 Å². The average Bonchev–Trinajstić information content (AvgIpc) is 3.98. The lowest BCUT2D eigenvalue weighted by Crippen LogP contribution is -2.30. The third-order valence-corrected chi connectivity index (χ3v) is 9.22. The van der Waals surface area contributed by atoms with Crippen LogP contribution in [0.2, 0.25) is 0 Å². The van der Waals surface area contributed by atoms with Crippen LogP contribution in [0.25, 0.3) is 80.0 Å². The Hall–Kier alpha value is -6.80. The lowest BCUT2D eigenvalue weighted by molar-refractivity contribution is -0.594. The van der Waals surface area contributed by atoms with Crippen molar-refractivity contribution in [2.24, 2.45) is 0 Å². The number of nitrogens with one attached hydrogen (secondary N) is 4. The largest absolute Gasteiger partial charge is 0.349 e. The number of nitrogens with zero attached hydrogens (tertiary/aromatic N) is 4. The highest BCUT2D eigenvalue weighted by atomic mass is 15.0. The summed E-state index contributed by atoms with van der Waals surface area (Å²) in [6, 6.07) is 25.4. The second-order valence-electron chi connectivity index (χ2n) is 12.6. The maximum atomic E-state index is 5.34. The van der Waals surface area contributed by atoms with Gasteiger partial charge in [0.25, 0.3) is 11.4 Å². The molecule has 9 heterocycles. The first-order valence-electron chi connectivity index (χ1n) is 16.6. The van der Waals surface area contributed by atoms with E-state index in [1.54, 1.807) is 0 Å². The molecule has 50 heavy (non-hydrogen) atoms. The molecule has 0 aromatic carbocycles. The van der Waals surface area contributed by atoms with Crippen molar-refractivity contribution in [3.05, 3.63) is 156 Å². The van der Waals surface area contributed by atoms with Crippen molar-refractivity contribution in [1.29, 1.82) is 0 Å². The van der Waals surface area contributed by atoms with Crippen LogP contribution in [0.1, 0.15) is 33.9 Å². The van der Waals surface area contributed by atoms with Crippen LogP contribution in [0.15, 0.2) is 122 Å². The molecule has 0 amide bonds. The maximum Gasteiger partial charge on any atom is 0.260 e. The summed E-state index contributed by atoms with van der Waals surface area (Å²) in [4.78, 5) is 24.6. The maximum absolute atomic E-state index is 5.34. The Morgan fingerprint density at radius 1 is 0.440 bits per heavy atom. The second-order valence-corrected chi connectivity index (χ2v) is 12.6. The first-order chi connectivity index (χ1) is 24.6. The molecule has 7 aromatic heterocycles. The van der Waals surface area contributed by atoms with Crippen LogP contribution >= 0.6 is 0 Å². The van der Waals surface area contributed by atoms with Gasteiger partial charge in [-0.25, -0.2) is 19.9 Å². The minimum Gasteiger partial charge on any atom is -0.349 e. The summed E-state index contributed by atoms with van der Waals surface area (Å²) < 4.78 is 4.27. The van der Waals surface area contributed by atoms with Gasteiger partial charge in [-0.15, -0.1) is 0 Å². The molecule has 7 aromatic rings. The fourth-order valence-corrected chi connectivity index (χ4v) is 6.73. The fraction of sp³-hybridized carbons (Fsp3) is 0.0476. The standard InChI is InChI=1S/C42H32N8/c1-27-15-23-49(24-16-27)41-35-7-3-31(45-35)39(29-11-19-43-20-12-29)33-5-9-37(47-33)42(50-25-17-28(2)18-26-50)38-10-6-34(48-38)40(30-13-21-44-22-14-30)32-4-8-36(41)46-32/h3-26,45,48H,1-2H3/q+2/p+2. The molecule has 0 atom stereocenters. The van der Waals surface area contributed by atoms with Crippen LogP contribution in [-0.2, 0) is 0 Å². The average molecular weight is 651 g/mol. The van der Waals surface area contributed by atoms with Crippen molar-refractivity contribution in [1.82, 2.24) is 19.9 Å². The van der Waals surface area contributed by atoms with E-state index < -0.39 is 0 Å². The summed E-state index contributed by atoms with van der Waals surface area (Å²) in [6.07, 6.45) is 24.6. The third kappa shape index (κ3) is 5.20. The molecule has 0 radical (unpaired) electrons. The second kappa shape index (κ2) is 12.0. The summed E-state index contributed by atoms with van der Waals surface area (Å²) in [5, 5.41) is 0. The first kappa shape index (κ1) is 29.3. The number of aryl methyl sites for hydroxylation is 2. The Morgan fingerprint density at radius 2 is 0.800 bits per heavy atom. The number of pyridine rings is 4. The number of hydrogen-bond donors (Lipinski definition) is 2. The van der Waals surface area contributed by atoms with Gasteiger partial charge in [-0.3, -0.25) is 0 Å². The zero-order valence-corrected chi connectivity index (χ0v) is 27.6. The number of aromatic nitrogens is 8. The molecule has 8 bridgehead atoms. The Kier molecular flexibility index (Phi) is 7.05. The van der Waals surface area contributed by atoms with Crippen LogP contribution in [-0.4, -0.2) is 19.9 Å². The minimum absolute atomic E-state index is 0.855. The molecule has 0 spiro atoms. The van der Waals surface area contributed by atoms with Crippen molar-refractivity contribution in [2.75, 3.05) is 0 Å². The molecule has 0 saturated heterocycles. The van der Waals surface area contributed by atoms with Crippen molar-refractivity contribution in [3.63, 3.8) is 0 Å². The van der Waals surface area contributed by atoms with E-state index in [0.29, 0.717) is 0 Å². The van der Waals surface area contributed by atoms with Crippen LogP contribution < -0.4 is 19.1 Å². The smallest absolute Gasteiger partial charge is 0.260 e. The predicted molar refractivity (Wildman–Crippen MR) is 195 cm³/mol. The molecule has 0 saturated carbocycles. The van der Waals surface area contributed by atoms with Gasteiger partial charge in [-0.1, -0.05) is 0 Å². The summed E-state index contributed by atoms with van der Waals surface area (Å²) in [6.45, 7) is 4.20. The number of aromatic amines is 4. The van der Waals surface area contributed by atoms with Crippen molar-refractivity contribution in [3.8, 4) is 33.6 Å². The first-order valence-corrected chi connectivity index (χ1v) is 16.6. The molecule has 8 heteroatoms. The molecule has 4 N–H and O–H groups in total. The Balaban J connectivity index is 1.47. The Labute approximate surface area is 288 Å². The van der Waals surface area contributed by atoms with E-state index in [2.05, 4.69) is 165 Å². The van der Waals surface area contributed by atoms with Crippen molar-refractivity contribution in [2.45, 2.75) is 13.8 Å². The third-order valence-electron chi connectivity index (χ3n) is 9.22. The summed E-state index contributed by atoms with van der Waals surface area (Å²) >= 11 is 0. The Morgan fingerprint density at radius 3 is 1.20 bits per heavy atom. The normalized spacial score (nSPS) is 12.0.